The molecule has 106 valence electrons. The van der Waals surface area contributed by atoms with Gasteiger partial charge in [0, 0.05) is 38.5 Å². The van der Waals surface area contributed by atoms with Gasteiger partial charge in [0.1, 0.15) is 0 Å². The van der Waals surface area contributed by atoms with Gasteiger partial charge in [0.05, 0.1) is 12.7 Å². The van der Waals surface area contributed by atoms with Crippen LogP contribution in [0.3, 0.4) is 0 Å². The number of aliphatic hydroxyl groups excluding tert-OH is 1. The second kappa shape index (κ2) is 7.76. The Morgan fingerprint density at radius 2 is 2.05 bits per heavy atom. The van der Waals surface area contributed by atoms with Gasteiger partial charge in [0.2, 0.25) is 0 Å². The molecule has 0 radical (unpaired) electrons. The fourth-order valence-corrected chi connectivity index (χ4v) is 1.61. The summed E-state index contributed by atoms with van der Waals surface area (Å²) < 4.78 is 4.79. The van der Waals surface area contributed by atoms with Crippen molar-refractivity contribution in [3.8, 4) is 0 Å². The Balaban J connectivity index is 2.53. The molecule has 0 saturated carbocycles. The summed E-state index contributed by atoms with van der Waals surface area (Å²) in [6.45, 7) is 3.37. The third-order valence-electron chi connectivity index (χ3n) is 2.90. The highest BCUT2D eigenvalue weighted by Crippen LogP contribution is 2.13. The number of anilines is 1. The lowest BCUT2D eigenvalue weighted by atomic mass is 10.2. The number of carbonyl (C=O) groups is 1. The maximum Gasteiger partial charge on any atom is 0.251 e. The molecule has 1 atom stereocenters. The number of hydrogen-bond acceptors (Lipinski definition) is 4. The zero-order valence-corrected chi connectivity index (χ0v) is 11.7. The first-order valence-corrected chi connectivity index (χ1v) is 6.34. The SMILES string of the molecule is CCN(C)c1ccc(C(=O)NCC(O)COC)cc1. The van der Waals surface area contributed by atoms with Crippen LogP contribution in [0, 0.1) is 0 Å². The molecule has 1 rings (SSSR count). The molecule has 5 heteroatoms. The Hall–Kier alpha value is -1.59. The number of methoxy groups -OCH3 is 1. The van der Waals surface area contributed by atoms with Gasteiger partial charge in [-0.15, -0.1) is 0 Å². The van der Waals surface area contributed by atoms with Gasteiger partial charge in [-0.2, -0.15) is 0 Å². The topological polar surface area (TPSA) is 61.8 Å². The predicted octanol–water partition coefficient (Wildman–Crippen LogP) is 0.880. The number of nitrogens with zero attached hydrogens (tertiary/aromatic N) is 1. The van der Waals surface area contributed by atoms with Gasteiger partial charge in [-0.25, -0.2) is 0 Å². The van der Waals surface area contributed by atoms with E-state index in [9.17, 15) is 9.90 Å². The second-order valence-electron chi connectivity index (χ2n) is 4.38. The average Bonchev–Trinajstić information content (AvgIpc) is 2.44. The van der Waals surface area contributed by atoms with Gasteiger partial charge in [-0.05, 0) is 31.2 Å². The van der Waals surface area contributed by atoms with Crippen LogP contribution in [0.1, 0.15) is 17.3 Å². The van der Waals surface area contributed by atoms with Crippen molar-refractivity contribution in [2.75, 3.05) is 38.8 Å². The maximum absolute atomic E-state index is 11.8. The van der Waals surface area contributed by atoms with E-state index in [4.69, 9.17) is 4.74 Å². The molecule has 0 aliphatic rings. The zero-order valence-electron chi connectivity index (χ0n) is 11.7. The highest BCUT2D eigenvalue weighted by molar-refractivity contribution is 5.94. The first-order chi connectivity index (χ1) is 9.08. The minimum absolute atomic E-state index is 0.184. The molecule has 0 aromatic heterocycles. The largest absolute Gasteiger partial charge is 0.389 e. The van der Waals surface area contributed by atoms with Crippen LogP contribution in [0.2, 0.25) is 0 Å². The van der Waals surface area contributed by atoms with Crippen molar-refractivity contribution < 1.29 is 14.6 Å². The van der Waals surface area contributed by atoms with Crippen LogP contribution in [0.5, 0.6) is 0 Å². The van der Waals surface area contributed by atoms with Crippen molar-refractivity contribution in [3.63, 3.8) is 0 Å². The first kappa shape index (κ1) is 15.5. The van der Waals surface area contributed by atoms with Crippen LogP contribution in [0.4, 0.5) is 5.69 Å². The van der Waals surface area contributed by atoms with Crippen molar-refractivity contribution in [2.24, 2.45) is 0 Å². The van der Waals surface area contributed by atoms with Crippen molar-refractivity contribution in [1.82, 2.24) is 5.32 Å². The lowest BCUT2D eigenvalue weighted by molar-refractivity contribution is 0.0610. The molecule has 1 amide bonds. The third-order valence-corrected chi connectivity index (χ3v) is 2.90. The van der Waals surface area contributed by atoms with Crippen LogP contribution in [0.25, 0.3) is 0 Å². The average molecular weight is 266 g/mol. The predicted molar refractivity (Wildman–Crippen MR) is 75.6 cm³/mol. The second-order valence-corrected chi connectivity index (χ2v) is 4.38. The Labute approximate surface area is 114 Å². The smallest absolute Gasteiger partial charge is 0.251 e. The van der Waals surface area contributed by atoms with E-state index in [-0.39, 0.29) is 19.1 Å². The number of nitrogens with one attached hydrogen (secondary N) is 1. The molecule has 2 N–H and O–H groups in total. The fraction of sp³-hybridized carbons (Fsp3) is 0.500. The zero-order chi connectivity index (χ0) is 14.3. The number of amides is 1. The highest BCUT2D eigenvalue weighted by atomic mass is 16.5. The maximum atomic E-state index is 11.8. The van der Waals surface area contributed by atoms with Gasteiger partial charge in [0.25, 0.3) is 5.91 Å². The lowest BCUT2D eigenvalue weighted by Crippen LogP contribution is -2.34. The van der Waals surface area contributed by atoms with Gasteiger partial charge >= 0.3 is 0 Å². The Morgan fingerprint density at radius 1 is 1.42 bits per heavy atom. The molecule has 5 nitrogen and oxygen atoms in total. The van der Waals surface area contributed by atoms with E-state index in [1.807, 2.05) is 19.2 Å². The summed E-state index contributed by atoms with van der Waals surface area (Å²) in [5.41, 5.74) is 1.65. The van der Waals surface area contributed by atoms with Gasteiger partial charge < -0.3 is 20.1 Å². The number of ether oxygens (including phenoxy) is 1. The number of rotatable bonds is 7. The first-order valence-electron chi connectivity index (χ1n) is 6.34. The molecule has 19 heavy (non-hydrogen) atoms. The van der Waals surface area contributed by atoms with Crippen LogP contribution < -0.4 is 10.2 Å². The molecule has 0 saturated heterocycles. The fourth-order valence-electron chi connectivity index (χ4n) is 1.61. The van der Waals surface area contributed by atoms with E-state index in [1.165, 1.54) is 7.11 Å². The van der Waals surface area contributed by atoms with E-state index in [2.05, 4.69) is 17.1 Å². The van der Waals surface area contributed by atoms with E-state index in [0.717, 1.165) is 12.2 Å². The molecule has 0 spiro atoms. The summed E-state index contributed by atoms with van der Waals surface area (Å²) in [7, 11) is 3.50. The number of benzene rings is 1. The summed E-state index contributed by atoms with van der Waals surface area (Å²) >= 11 is 0. The number of aliphatic hydroxyl groups is 1. The molecule has 0 bridgehead atoms. The van der Waals surface area contributed by atoms with Crippen molar-refractivity contribution in [3.05, 3.63) is 29.8 Å². The quantitative estimate of drug-likeness (QED) is 0.769. The Bertz CT molecular complexity index is 392. The standard InChI is InChI=1S/C14H22N2O3/c1-4-16(2)12-7-5-11(6-8-12)14(18)15-9-13(17)10-19-3/h5-8,13,17H,4,9-10H2,1-3H3,(H,15,18). The monoisotopic (exact) mass is 266 g/mol. The minimum Gasteiger partial charge on any atom is -0.389 e. The van der Waals surface area contributed by atoms with E-state index in [0.29, 0.717) is 5.56 Å². The van der Waals surface area contributed by atoms with E-state index < -0.39 is 6.10 Å². The molecule has 0 aliphatic heterocycles. The van der Waals surface area contributed by atoms with Crippen LogP contribution in [-0.4, -0.2) is 51.0 Å². The lowest BCUT2D eigenvalue weighted by Gasteiger charge is -2.17. The van der Waals surface area contributed by atoms with Crippen molar-refractivity contribution in [1.29, 1.82) is 0 Å². The van der Waals surface area contributed by atoms with Gasteiger partial charge in [0.15, 0.2) is 0 Å². The number of carbonyl (C=O) groups excluding carboxylic acids is 1. The summed E-state index contributed by atoms with van der Waals surface area (Å²) in [5, 5.41) is 12.1. The van der Waals surface area contributed by atoms with Crippen LogP contribution in [0.15, 0.2) is 24.3 Å². The van der Waals surface area contributed by atoms with Crippen LogP contribution >= 0.6 is 0 Å². The molecule has 1 unspecified atom stereocenters. The van der Waals surface area contributed by atoms with Crippen molar-refractivity contribution >= 4 is 11.6 Å². The van der Waals surface area contributed by atoms with Gasteiger partial charge in [-0.1, -0.05) is 0 Å². The molecule has 1 aromatic rings. The van der Waals surface area contributed by atoms with E-state index >= 15 is 0 Å². The number of hydrogen-bond donors (Lipinski definition) is 2. The minimum atomic E-state index is -0.681. The van der Waals surface area contributed by atoms with E-state index in [1.54, 1.807) is 12.1 Å². The van der Waals surface area contributed by atoms with Crippen LogP contribution in [-0.2, 0) is 4.74 Å². The molecular weight excluding hydrogens is 244 g/mol. The van der Waals surface area contributed by atoms with Crippen molar-refractivity contribution in [2.45, 2.75) is 13.0 Å². The molecule has 1 aromatic carbocycles. The molecule has 0 heterocycles. The summed E-state index contributed by atoms with van der Waals surface area (Å²) in [4.78, 5) is 13.9. The summed E-state index contributed by atoms with van der Waals surface area (Å²) in [6.07, 6.45) is -0.681. The third kappa shape index (κ3) is 4.89. The molecular formula is C14H22N2O3. The Morgan fingerprint density at radius 3 is 2.58 bits per heavy atom. The van der Waals surface area contributed by atoms with Gasteiger partial charge in [-0.3, -0.25) is 4.79 Å². The summed E-state index contributed by atoms with van der Waals surface area (Å²) in [6, 6.07) is 7.37. The Kier molecular flexibility index (Phi) is 6.32. The normalized spacial score (nSPS) is 12.0. The molecule has 0 fully saturated rings. The molecule has 0 aliphatic carbocycles. The highest BCUT2D eigenvalue weighted by Gasteiger charge is 2.09. The summed E-state index contributed by atoms with van der Waals surface area (Å²) in [5.74, 6) is -0.194.